The van der Waals surface area contributed by atoms with E-state index in [9.17, 15) is 9.59 Å². The van der Waals surface area contributed by atoms with Crippen LogP contribution in [0.1, 0.15) is 19.0 Å². The van der Waals surface area contributed by atoms with Crippen LogP contribution in [0.2, 0.25) is 0 Å². The van der Waals surface area contributed by atoms with Gasteiger partial charge in [0.1, 0.15) is 11.6 Å². The van der Waals surface area contributed by atoms with E-state index in [1.54, 1.807) is 0 Å². The lowest BCUT2D eigenvalue weighted by Gasteiger charge is -2.34. The Balaban J connectivity index is 1.56. The van der Waals surface area contributed by atoms with Crippen LogP contribution in [0.25, 0.3) is 20.8 Å². The molecule has 0 N–H and O–H groups in total. The Hall–Kier alpha value is -2.58. The van der Waals surface area contributed by atoms with Crippen LogP contribution in [-0.4, -0.2) is 63.2 Å². The van der Waals surface area contributed by atoms with Crippen molar-refractivity contribution in [2.24, 2.45) is 0 Å². The highest BCUT2D eigenvalue weighted by atomic mass is 32.1. The van der Waals surface area contributed by atoms with Gasteiger partial charge in [-0.1, -0.05) is 37.3 Å². The van der Waals surface area contributed by atoms with Gasteiger partial charge in [-0.3, -0.25) is 14.5 Å². The fraction of sp³-hybridized carbons (Fsp3) is 0.429. The maximum Gasteiger partial charge on any atom is 0.294 e. The number of nitrogens with zero attached hydrogens (tertiary/aromatic N) is 5. The third kappa shape index (κ3) is 4.09. The van der Waals surface area contributed by atoms with Gasteiger partial charge in [-0.25, -0.2) is 9.67 Å². The summed E-state index contributed by atoms with van der Waals surface area (Å²) in [5.74, 6) is -0.0620. The first kappa shape index (κ1) is 19.7. The third-order valence-corrected chi connectivity index (χ3v) is 6.45. The molecule has 1 amide bonds. The number of piperazine rings is 1. The number of aromatic nitrogens is 3. The second kappa shape index (κ2) is 8.42. The Labute approximate surface area is 173 Å². The van der Waals surface area contributed by atoms with E-state index in [1.165, 1.54) is 16.0 Å². The first-order valence-electron chi connectivity index (χ1n) is 10.0. The standard InChI is InChI=1S/C21H25N5O2S/c1-3-9-24-10-12-25(13-11-24)17(27)14-26-21(28)18-19(15(2)23-26)29-20(22-18)16-7-5-4-6-8-16/h4-8H,3,9-14H2,1-2H3. The van der Waals surface area contributed by atoms with E-state index in [1.807, 2.05) is 42.2 Å². The van der Waals surface area contributed by atoms with E-state index < -0.39 is 0 Å². The lowest BCUT2D eigenvalue weighted by atomic mass is 10.2. The highest BCUT2D eigenvalue weighted by Gasteiger charge is 2.22. The molecule has 3 heterocycles. The Morgan fingerprint density at radius 2 is 1.86 bits per heavy atom. The minimum absolute atomic E-state index is 0.0401. The van der Waals surface area contributed by atoms with Gasteiger partial charge in [0.05, 0.1) is 10.4 Å². The van der Waals surface area contributed by atoms with Crippen molar-refractivity contribution in [2.75, 3.05) is 32.7 Å². The summed E-state index contributed by atoms with van der Waals surface area (Å²) in [5, 5.41) is 5.19. The highest BCUT2D eigenvalue weighted by Crippen LogP contribution is 2.29. The SMILES string of the molecule is CCCN1CCN(C(=O)Cn2nc(C)c3sc(-c4ccccc4)nc3c2=O)CC1. The molecule has 152 valence electrons. The first-order chi connectivity index (χ1) is 14.1. The Morgan fingerprint density at radius 1 is 1.14 bits per heavy atom. The topological polar surface area (TPSA) is 71.3 Å². The Kier molecular flexibility index (Phi) is 5.73. The van der Waals surface area contributed by atoms with E-state index in [0.29, 0.717) is 18.6 Å². The minimum atomic E-state index is -0.304. The van der Waals surface area contributed by atoms with Gasteiger partial charge in [0.25, 0.3) is 5.56 Å². The maximum atomic E-state index is 12.9. The molecule has 0 unspecified atom stereocenters. The summed E-state index contributed by atoms with van der Waals surface area (Å²) >= 11 is 1.46. The van der Waals surface area contributed by atoms with E-state index >= 15 is 0 Å². The molecule has 7 nitrogen and oxygen atoms in total. The molecule has 0 radical (unpaired) electrons. The Bertz CT molecular complexity index is 1070. The van der Waals surface area contributed by atoms with Gasteiger partial charge < -0.3 is 4.90 Å². The van der Waals surface area contributed by atoms with Crippen LogP contribution in [0, 0.1) is 6.92 Å². The van der Waals surface area contributed by atoms with Crippen LogP contribution in [0.4, 0.5) is 0 Å². The van der Waals surface area contributed by atoms with E-state index in [0.717, 1.165) is 47.0 Å². The fourth-order valence-electron chi connectivity index (χ4n) is 3.68. The maximum absolute atomic E-state index is 12.9. The van der Waals surface area contributed by atoms with Gasteiger partial charge in [0, 0.05) is 31.7 Å². The van der Waals surface area contributed by atoms with Crippen LogP contribution in [0.15, 0.2) is 35.1 Å². The zero-order chi connectivity index (χ0) is 20.4. The molecule has 8 heteroatoms. The average Bonchev–Trinajstić information content (AvgIpc) is 3.20. The van der Waals surface area contributed by atoms with Crippen molar-refractivity contribution in [3.63, 3.8) is 0 Å². The largest absolute Gasteiger partial charge is 0.339 e. The molecule has 0 aliphatic carbocycles. The van der Waals surface area contributed by atoms with Crippen molar-refractivity contribution in [2.45, 2.75) is 26.8 Å². The average molecular weight is 412 g/mol. The van der Waals surface area contributed by atoms with Gasteiger partial charge in [-0.05, 0) is 19.9 Å². The van der Waals surface area contributed by atoms with Crippen LogP contribution >= 0.6 is 11.3 Å². The molecule has 0 bridgehead atoms. The molecule has 1 saturated heterocycles. The predicted molar refractivity (Wildman–Crippen MR) is 115 cm³/mol. The summed E-state index contributed by atoms with van der Waals surface area (Å²) in [5.41, 5.74) is 1.78. The number of hydrogen-bond acceptors (Lipinski definition) is 6. The summed E-state index contributed by atoms with van der Waals surface area (Å²) in [4.78, 5) is 34.5. The van der Waals surface area contributed by atoms with Crippen LogP contribution in [0.5, 0.6) is 0 Å². The van der Waals surface area contributed by atoms with Crippen LogP contribution in [-0.2, 0) is 11.3 Å². The molecule has 1 aliphatic rings. The minimum Gasteiger partial charge on any atom is -0.339 e. The van der Waals surface area contributed by atoms with Gasteiger partial charge in [0.2, 0.25) is 5.91 Å². The number of benzene rings is 1. The first-order valence-corrected chi connectivity index (χ1v) is 10.8. The molecule has 29 heavy (non-hydrogen) atoms. The van der Waals surface area contributed by atoms with Crippen molar-refractivity contribution in [3.05, 3.63) is 46.4 Å². The summed E-state index contributed by atoms with van der Waals surface area (Å²) in [7, 11) is 0. The predicted octanol–water partition coefficient (Wildman–Crippen LogP) is 2.38. The van der Waals surface area contributed by atoms with Crippen molar-refractivity contribution in [1.29, 1.82) is 0 Å². The van der Waals surface area contributed by atoms with Crippen LogP contribution in [0.3, 0.4) is 0 Å². The van der Waals surface area contributed by atoms with Crippen LogP contribution < -0.4 is 5.56 Å². The molecule has 0 spiro atoms. The summed E-state index contributed by atoms with van der Waals surface area (Å²) in [6, 6.07) is 9.79. The van der Waals surface area contributed by atoms with Crippen molar-refractivity contribution in [3.8, 4) is 10.6 Å². The lowest BCUT2D eigenvalue weighted by molar-refractivity contribution is -0.133. The monoisotopic (exact) mass is 411 g/mol. The molecular weight excluding hydrogens is 386 g/mol. The summed E-state index contributed by atoms with van der Waals surface area (Å²) in [6.07, 6.45) is 1.12. The molecule has 1 aliphatic heterocycles. The van der Waals surface area contributed by atoms with Gasteiger partial charge >= 0.3 is 0 Å². The van der Waals surface area contributed by atoms with E-state index in [2.05, 4.69) is 21.9 Å². The molecule has 2 aromatic heterocycles. The lowest BCUT2D eigenvalue weighted by Crippen LogP contribution is -2.50. The highest BCUT2D eigenvalue weighted by molar-refractivity contribution is 7.21. The third-order valence-electron chi connectivity index (χ3n) is 5.23. The van der Waals surface area contributed by atoms with Crippen molar-refractivity contribution in [1.82, 2.24) is 24.6 Å². The number of hydrogen-bond donors (Lipinski definition) is 0. The number of carbonyl (C=O) groups is 1. The summed E-state index contributed by atoms with van der Waals surface area (Å²) in [6.45, 7) is 8.20. The van der Waals surface area contributed by atoms with Crippen molar-refractivity contribution < 1.29 is 4.79 Å². The number of fused-ring (bicyclic) bond motifs is 1. The van der Waals surface area contributed by atoms with Gasteiger partial charge in [-0.2, -0.15) is 5.10 Å². The normalized spacial score (nSPS) is 15.2. The molecule has 0 atom stereocenters. The zero-order valence-corrected chi connectivity index (χ0v) is 17.6. The van der Waals surface area contributed by atoms with E-state index in [-0.39, 0.29) is 18.0 Å². The summed E-state index contributed by atoms with van der Waals surface area (Å²) < 4.78 is 2.05. The van der Waals surface area contributed by atoms with Gasteiger partial charge in [-0.15, -0.1) is 11.3 Å². The molecule has 4 rings (SSSR count). The number of carbonyl (C=O) groups excluding carboxylic acids is 1. The number of amides is 1. The quantitative estimate of drug-likeness (QED) is 0.645. The number of thiazole rings is 1. The molecule has 1 fully saturated rings. The smallest absolute Gasteiger partial charge is 0.294 e. The second-order valence-corrected chi connectivity index (χ2v) is 8.33. The fourth-order valence-corrected chi connectivity index (χ4v) is 4.68. The molecular formula is C21H25N5O2S. The molecule has 1 aromatic carbocycles. The number of rotatable bonds is 5. The van der Waals surface area contributed by atoms with Crippen molar-refractivity contribution >= 4 is 27.5 Å². The van der Waals surface area contributed by atoms with Gasteiger partial charge in [0.15, 0.2) is 5.52 Å². The van der Waals surface area contributed by atoms with E-state index in [4.69, 9.17) is 0 Å². The Morgan fingerprint density at radius 3 is 2.55 bits per heavy atom. The second-order valence-electron chi connectivity index (χ2n) is 7.33. The number of aryl methyl sites for hydroxylation is 1. The zero-order valence-electron chi connectivity index (χ0n) is 16.8. The molecule has 0 saturated carbocycles. The molecule has 3 aromatic rings.